The van der Waals surface area contributed by atoms with Crippen molar-refractivity contribution >= 4 is 29.5 Å². The van der Waals surface area contributed by atoms with E-state index in [1.54, 1.807) is 24.4 Å². The Bertz CT molecular complexity index is 803. The van der Waals surface area contributed by atoms with Crippen LogP contribution in [0.4, 0.5) is 0 Å². The zero-order chi connectivity index (χ0) is 18.4. The molecule has 1 aromatic carbocycles. The third kappa shape index (κ3) is 4.48. The second-order valence-electron chi connectivity index (χ2n) is 5.55. The van der Waals surface area contributed by atoms with Gasteiger partial charge in [0.05, 0.1) is 14.2 Å². The quantitative estimate of drug-likeness (QED) is 0.614. The maximum absolute atomic E-state index is 12.2. The highest BCUT2D eigenvalue weighted by Crippen LogP contribution is 2.36. The van der Waals surface area contributed by atoms with Crippen LogP contribution in [0.1, 0.15) is 40.3 Å². The molecule has 0 saturated carbocycles. The fraction of sp³-hybridized carbons (Fsp3) is 0.263. The lowest BCUT2D eigenvalue weighted by Crippen LogP contribution is -2.07. The topological polar surface area (TPSA) is 68.7 Å². The SMILES string of the molecule is COC(=O)c1c(/C=C\c2nccs2)cc(OC)c(CC=C(C)C)c1O. The van der Waals surface area contributed by atoms with Crippen LogP contribution in [0, 0.1) is 0 Å². The number of carbonyl (C=O) groups excluding carboxylic acids is 1. The van der Waals surface area contributed by atoms with E-state index in [4.69, 9.17) is 9.47 Å². The highest BCUT2D eigenvalue weighted by atomic mass is 32.1. The van der Waals surface area contributed by atoms with Gasteiger partial charge < -0.3 is 14.6 Å². The van der Waals surface area contributed by atoms with Gasteiger partial charge >= 0.3 is 5.97 Å². The number of esters is 1. The van der Waals surface area contributed by atoms with Gasteiger partial charge in [-0.3, -0.25) is 0 Å². The maximum atomic E-state index is 12.2. The molecule has 0 amide bonds. The molecular weight excluding hydrogens is 338 g/mol. The average molecular weight is 359 g/mol. The van der Waals surface area contributed by atoms with Crippen LogP contribution < -0.4 is 4.74 Å². The minimum absolute atomic E-state index is 0.119. The summed E-state index contributed by atoms with van der Waals surface area (Å²) in [5, 5.41) is 13.4. The van der Waals surface area contributed by atoms with Crippen molar-refractivity contribution in [2.24, 2.45) is 0 Å². The highest BCUT2D eigenvalue weighted by Gasteiger charge is 2.22. The zero-order valence-electron chi connectivity index (χ0n) is 14.7. The largest absolute Gasteiger partial charge is 0.507 e. The van der Waals surface area contributed by atoms with Crippen LogP contribution in [-0.2, 0) is 11.2 Å². The smallest absolute Gasteiger partial charge is 0.342 e. The molecule has 6 heteroatoms. The van der Waals surface area contributed by atoms with Crippen LogP contribution >= 0.6 is 11.3 Å². The summed E-state index contributed by atoms with van der Waals surface area (Å²) in [4.78, 5) is 16.4. The number of rotatable bonds is 6. The van der Waals surface area contributed by atoms with Crippen LogP contribution in [0.15, 0.2) is 29.3 Å². The zero-order valence-corrected chi connectivity index (χ0v) is 15.5. The number of phenolic OH excluding ortho intramolecular Hbond substituents is 1. The van der Waals surface area contributed by atoms with Crippen molar-refractivity contribution < 1.29 is 19.4 Å². The molecule has 2 aromatic rings. The number of thiazole rings is 1. The Balaban J connectivity index is 2.59. The van der Waals surface area contributed by atoms with E-state index in [1.807, 2.05) is 25.3 Å². The molecule has 1 heterocycles. The Hall–Kier alpha value is -2.60. The number of hydrogen-bond donors (Lipinski definition) is 1. The summed E-state index contributed by atoms with van der Waals surface area (Å²) in [5.41, 5.74) is 2.29. The van der Waals surface area contributed by atoms with Crippen molar-refractivity contribution in [3.8, 4) is 11.5 Å². The van der Waals surface area contributed by atoms with Crippen molar-refractivity contribution in [1.29, 1.82) is 0 Å². The molecule has 25 heavy (non-hydrogen) atoms. The molecule has 0 aliphatic carbocycles. The van der Waals surface area contributed by atoms with Gasteiger partial charge in [-0.05, 0) is 38.0 Å². The third-order valence-electron chi connectivity index (χ3n) is 3.58. The molecule has 132 valence electrons. The number of aromatic hydroxyl groups is 1. The lowest BCUT2D eigenvalue weighted by Gasteiger charge is -2.15. The van der Waals surface area contributed by atoms with E-state index in [0.717, 1.165) is 10.6 Å². The van der Waals surface area contributed by atoms with E-state index in [2.05, 4.69) is 4.98 Å². The van der Waals surface area contributed by atoms with Crippen molar-refractivity contribution in [2.75, 3.05) is 14.2 Å². The van der Waals surface area contributed by atoms with E-state index in [1.165, 1.54) is 25.6 Å². The second-order valence-corrected chi connectivity index (χ2v) is 6.48. The van der Waals surface area contributed by atoms with Crippen LogP contribution in [0.5, 0.6) is 11.5 Å². The molecule has 0 bridgehead atoms. The molecular formula is C19H21NO4S. The van der Waals surface area contributed by atoms with Gasteiger partial charge in [0.25, 0.3) is 0 Å². The molecule has 5 nitrogen and oxygen atoms in total. The third-order valence-corrected chi connectivity index (χ3v) is 4.32. The lowest BCUT2D eigenvalue weighted by molar-refractivity contribution is 0.0597. The minimum Gasteiger partial charge on any atom is -0.507 e. The summed E-state index contributed by atoms with van der Waals surface area (Å²) < 4.78 is 10.3. The Kier molecular flexibility index (Phi) is 6.36. The number of methoxy groups -OCH3 is 2. The lowest BCUT2D eigenvalue weighted by atomic mass is 9.98. The van der Waals surface area contributed by atoms with Crippen LogP contribution in [0.25, 0.3) is 12.2 Å². The number of carbonyl (C=O) groups is 1. The van der Waals surface area contributed by atoms with Gasteiger partial charge in [-0.15, -0.1) is 11.3 Å². The first-order valence-corrected chi connectivity index (χ1v) is 8.58. The normalized spacial score (nSPS) is 10.7. The molecule has 0 unspecified atom stereocenters. The van der Waals surface area contributed by atoms with Gasteiger partial charge in [0, 0.05) is 17.1 Å². The second kappa shape index (κ2) is 8.48. The monoisotopic (exact) mass is 359 g/mol. The van der Waals surface area contributed by atoms with Gasteiger partial charge in [-0.2, -0.15) is 0 Å². The predicted molar refractivity (Wildman–Crippen MR) is 100 cm³/mol. The standard InChI is InChI=1S/C19H21NO4S/c1-12(2)5-7-14-15(23-3)11-13(6-8-16-20-9-10-25-16)17(18(14)21)19(22)24-4/h5-6,8-11,21H,7H2,1-4H3/b8-6-. The Morgan fingerprint density at radius 2 is 2.08 bits per heavy atom. The van der Waals surface area contributed by atoms with Gasteiger partial charge in [0.2, 0.25) is 0 Å². The van der Waals surface area contributed by atoms with E-state index in [9.17, 15) is 9.90 Å². The Morgan fingerprint density at radius 3 is 2.64 bits per heavy atom. The van der Waals surface area contributed by atoms with Gasteiger partial charge in [-0.25, -0.2) is 9.78 Å². The predicted octanol–water partition coefficient (Wildman–Crippen LogP) is 4.32. The van der Waals surface area contributed by atoms with Crippen LogP contribution in [0.2, 0.25) is 0 Å². The van der Waals surface area contributed by atoms with Crippen LogP contribution in [0.3, 0.4) is 0 Å². The molecule has 1 N–H and O–H groups in total. The molecule has 0 saturated heterocycles. The van der Waals surface area contributed by atoms with E-state index < -0.39 is 5.97 Å². The van der Waals surface area contributed by atoms with E-state index >= 15 is 0 Å². The number of ether oxygens (including phenoxy) is 2. The molecule has 0 aliphatic rings. The Morgan fingerprint density at radius 1 is 1.32 bits per heavy atom. The highest BCUT2D eigenvalue weighted by molar-refractivity contribution is 7.10. The van der Waals surface area contributed by atoms with E-state index in [0.29, 0.717) is 23.3 Å². The molecule has 2 rings (SSSR count). The number of benzene rings is 1. The van der Waals surface area contributed by atoms with Gasteiger partial charge in [-0.1, -0.05) is 17.7 Å². The van der Waals surface area contributed by atoms with Crippen molar-refractivity contribution in [3.05, 3.63) is 51.0 Å². The summed E-state index contributed by atoms with van der Waals surface area (Å²) in [6, 6.07) is 1.73. The molecule has 1 aromatic heterocycles. The summed E-state index contributed by atoms with van der Waals surface area (Å²) in [6.45, 7) is 3.94. The molecule has 0 fully saturated rings. The Labute approximate surface area is 151 Å². The van der Waals surface area contributed by atoms with Gasteiger partial charge in [0.1, 0.15) is 22.1 Å². The summed E-state index contributed by atoms with van der Waals surface area (Å²) in [5.74, 6) is -0.207. The summed E-state index contributed by atoms with van der Waals surface area (Å²) in [6.07, 6.45) is 7.62. The fourth-order valence-corrected chi connectivity index (χ4v) is 2.85. The van der Waals surface area contributed by atoms with Gasteiger partial charge in [0.15, 0.2) is 0 Å². The number of hydrogen-bond acceptors (Lipinski definition) is 6. The number of allylic oxidation sites excluding steroid dienone is 2. The first-order chi connectivity index (χ1) is 12.0. The molecule has 0 spiro atoms. The number of nitrogens with zero attached hydrogens (tertiary/aromatic N) is 1. The molecule has 0 aliphatic heterocycles. The van der Waals surface area contributed by atoms with Crippen molar-refractivity contribution in [3.63, 3.8) is 0 Å². The molecule has 0 radical (unpaired) electrons. The summed E-state index contributed by atoms with van der Waals surface area (Å²) in [7, 11) is 2.82. The molecule has 0 atom stereocenters. The minimum atomic E-state index is -0.600. The fourth-order valence-electron chi connectivity index (χ4n) is 2.32. The number of phenols is 1. The summed E-state index contributed by atoms with van der Waals surface area (Å²) >= 11 is 1.48. The van der Waals surface area contributed by atoms with Crippen molar-refractivity contribution in [2.45, 2.75) is 20.3 Å². The van der Waals surface area contributed by atoms with Crippen LogP contribution in [-0.4, -0.2) is 30.3 Å². The first kappa shape index (κ1) is 18.7. The average Bonchev–Trinajstić information content (AvgIpc) is 3.11. The van der Waals surface area contributed by atoms with Crippen molar-refractivity contribution in [1.82, 2.24) is 4.98 Å². The van der Waals surface area contributed by atoms with E-state index in [-0.39, 0.29) is 11.3 Å². The first-order valence-electron chi connectivity index (χ1n) is 7.70. The number of aromatic nitrogens is 1. The maximum Gasteiger partial charge on any atom is 0.342 e.